The zero-order valence-electron chi connectivity index (χ0n) is 14.6. The van der Waals surface area contributed by atoms with Crippen molar-refractivity contribution in [1.29, 1.82) is 0 Å². The summed E-state index contributed by atoms with van der Waals surface area (Å²) in [5.41, 5.74) is 4.07. The maximum Gasteiger partial charge on any atom is 0.405 e. The van der Waals surface area contributed by atoms with Gasteiger partial charge >= 0.3 is 6.09 Å². The minimum Gasteiger partial charge on any atom is -0.497 e. The first-order chi connectivity index (χ1) is 11.8. The summed E-state index contributed by atoms with van der Waals surface area (Å²) in [6.45, 7) is 4.20. The van der Waals surface area contributed by atoms with Crippen molar-refractivity contribution in [1.82, 2.24) is 5.32 Å². The molecule has 2 aromatic carbocycles. The molecule has 0 radical (unpaired) electrons. The zero-order valence-corrected chi connectivity index (χ0v) is 15.4. The average molecular weight is 360 g/mol. The number of carbonyl (C=O) groups is 1. The normalized spacial score (nSPS) is 18.3. The second-order valence-corrected chi connectivity index (χ2v) is 7.54. The highest BCUT2D eigenvalue weighted by Gasteiger charge is 2.37. The number of rotatable bonds is 3. The van der Waals surface area contributed by atoms with E-state index in [-0.39, 0.29) is 11.5 Å². The summed E-state index contributed by atoms with van der Waals surface area (Å²) in [4.78, 5) is 11.2. The van der Waals surface area contributed by atoms with E-state index in [0.717, 1.165) is 35.3 Å². The molecule has 2 aromatic rings. The molecule has 0 fully saturated rings. The molecule has 0 aromatic heterocycles. The number of nitrogens with one attached hydrogen (secondary N) is 1. The molecule has 1 aliphatic rings. The molecule has 3 rings (SSSR count). The number of amides is 1. The van der Waals surface area contributed by atoms with Gasteiger partial charge in [0.15, 0.2) is 0 Å². The van der Waals surface area contributed by atoms with Crippen LogP contribution in [0.3, 0.4) is 0 Å². The van der Waals surface area contributed by atoms with Crippen molar-refractivity contribution >= 4 is 17.7 Å². The van der Waals surface area contributed by atoms with E-state index in [9.17, 15) is 9.90 Å². The SMILES string of the molecule is COc1ccc(-c2ccc3c(c2)CCC(C)(C)C3NC(=O)O)c(Cl)c1. The summed E-state index contributed by atoms with van der Waals surface area (Å²) in [7, 11) is 1.61. The van der Waals surface area contributed by atoms with Gasteiger partial charge < -0.3 is 15.2 Å². The highest BCUT2D eigenvalue weighted by molar-refractivity contribution is 6.33. The predicted octanol–water partition coefficient (Wildman–Crippen LogP) is 5.30. The zero-order chi connectivity index (χ0) is 18.2. The fourth-order valence-corrected chi connectivity index (χ4v) is 3.83. The van der Waals surface area contributed by atoms with Crippen LogP contribution in [-0.4, -0.2) is 18.3 Å². The van der Waals surface area contributed by atoms with Crippen LogP contribution in [0.15, 0.2) is 36.4 Å². The van der Waals surface area contributed by atoms with Gasteiger partial charge in [-0.2, -0.15) is 0 Å². The summed E-state index contributed by atoms with van der Waals surface area (Å²) < 4.78 is 5.20. The Morgan fingerprint density at radius 1 is 1.28 bits per heavy atom. The van der Waals surface area contributed by atoms with Crippen molar-refractivity contribution < 1.29 is 14.6 Å². The molecule has 0 spiro atoms. The summed E-state index contributed by atoms with van der Waals surface area (Å²) in [6, 6.07) is 11.6. The molecule has 2 N–H and O–H groups in total. The monoisotopic (exact) mass is 359 g/mol. The maximum atomic E-state index is 11.2. The fraction of sp³-hybridized carbons (Fsp3) is 0.350. The number of methoxy groups -OCH3 is 1. The molecular formula is C20H22ClNO3. The Bertz CT molecular complexity index is 817. The Kier molecular flexibility index (Phi) is 4.65. The fourth-order valence-electron chi connectivity index (χ4n) is 3.55. The van der Waals surface area contributed by atoms with Gasteiger partial charge in [-0.3, -0.25) is 0 Å². The van der Waals surface area contributed by atoms with E-state index in [0.29, 0.717) is 5.02 Å². The third-order valence-corrected chi connectivity index (χ3v) is 5.34. The highest BCUT2D eigenvalue weighted by Crippen LogP contribution is 2.44. The molecule has 5 heteroatoms. The molecule has 0 saturated heterocycles. The van der Waals surface area contributed by atoms with Crippen LogP contribution in [0.1, 0.15) is 37.4 Å². The number of carboxylic acid groups (broad SMARTS) is 1. The van der Waals surface area contributed by atoms with Crippen LogP contribution in [0.5, 0.6) is 5.75 Å². The van der Waals surface area contributed by atoms with E-state index >= 15 is 0 Å². The third-order valence-electron chi connectivity index (χ3n) is 5.03. The number of ether oxygens (including phenoxy) is 1. The Labute approximate surface area is 152 Å². The molecule has 1 atom stereocenters. The Morgan fingerprint density at radius 3 is 2.68 bits per heavy atom. The van der Waals surface area contributed by atoms with Gasteiger partial charge in [0.05, 0.1) is 18.2 Å². The quantitative estimate of drug-likeness (QED) is 0.782. The largest absolute Gasteiger partial charge is 0.497 e. The molecule has 1 aliphatic carbocycles. The van der Waals surface area contributed by atoms with Gasteiger partial charge in [-0.25, -0.2) is 4.79 Å². The standard InChI is InChI=1S/C20H22ClNO3/c1-20(2)9-8-13-10-12(4-6-16(13)18(20)22-19(23)24)15-7-5-14(25-3)11-17(15)21/h4-7,10-11,18,22H,8-9H2,1-3H3,(H,23,24). The molecule has 4 nitrogen and oxygen atoms in total. The van der Waals surface area contributed by atoms with E-state index in [4.69, 9.17) is 16.3 Å². The van der Waals surface area contributed by atoms with E-state index in [2.05, 4.69) is 25.2 Å². The van der Waals surface area contributed by atoms with E-state index < -0.39 is 6.09 Å². The molecule has 132 valence electrons. The maximum absolute atomic E-state index is 11.2. The lowest BCUT2D eigenvalue weighted by molar-refractivity contribution is 0.161. The lowest BCUT2D eigenvalue weighted by Gasteiger charge is -2.40. The Hall–Kier alpha value is -2.20. The van der Waals surface area contributed by atoms with E-state index in [1.807, 2.05) is 24.3 Å². The molecule has 0 bridgehead atoms. The van der Waals surface area contributed by atoms with Crippen LogP contribution in [0, 0.1) is 5.41 Å². The lowest BCUT2D eigenvalue weighted by Crippen LogP contribution is -2.40. The van der Waals surface area contributed by atoms with Gasteiger partial charge in [-0.15, -0.1) is 0 Å². The molecule has 0 saturated carbocycles. The van der Waals surface area contributed by atoms with E-state index in [1.165, 1.54) is 5.56 Å². The summed E-state index contributed by atoms with van der Waals surface area (Å²) in [5, 5.41) is 12.5. The minimum absolute atomic E-state index is 0.120. The minimum atomic E-state index is -0.992. The van der Waals surface area contributed by atoms with Crippen molar-refractivity contribution in [3.8, 4) is 16.9 Å². The van der Waals surface area contributed by atoms with Gasteiger partial charge in [-0.1, -0.05) is 43.6 Å². The number of hydrogen-bond acceptors (Lipinski definition) is 2. The first kappa shape index (κ1) is 17.6. The van der Waals surface area contributed by atoms with Crippen LogP contribution in [-0.2, 0) is 6.42 Å². The third kappa shape index (κ3) is 3.45. The first-order valence-corrected chi connectivity index (χ1v) is 8.66. The van der Waals surface area contributed by atoms with Crippen molar-refractivity contribution in [3.05, 3.63) is 52.5 Å². The average Bonchev–Trinajstić information content (AvgIpc) is 2.57. The number of aryl methyl sites for hydroxylation is 1. The summed E-state index contributed by atoms with van der Waals surface area (Å²) >= 11 is 6.40. The van der Waals surface area contributed by atoms with Crippen molar-refractivity contribution in [2.45, 2.75) is 32.7 Å². The lowest BCUT2D eigenvalue weighted by atomic mass is 9.70. The van der Waals surface area contributed by atoms with Crippen LogP contribution in [0.4, 0.5) is 4.79 Å². The molecule has 1 amide bonds. The van der Waals surface area contributed by atoms with Gasteiger partial charge in [0.25, 0.3) is 0 Å². The van der Waals surface area contributed by atoms with E-state index in [1.54, 1.807) is 13.2 Å². The number of fused-ring (bicyclic) bond motifs is 1. The van der Waals surface area contributed by atoms with Crippen LogP contribution in [0.25, 0.3) is 11.1 Å². The second-order valence-electron chi connectivity index (χ2n) is 7.13. The molecule has 25 heavy (non-hydrogen) atoms. The predicted molar refractivity (Wildman–Crippen MR) is 99.4 cm³/mol. The van der Waals surface area contributed by atoms with Crippen molar-refractivity contribution in [2.75, 3.05) is 7.11 Å². The van der Waals surface area contributed by atoms with Crippen LogP contribution >= 0.6 is 11.6 Å². The molecule has 0 heterocycles. The highest BCUT2D eigenvalue weighted by atomic mass is 35.5. The summed E-state index contributed by atoms with van der Waals surface area (Å²) in [5.74, 6) is 0.721. The number of halogens is 1. The Morgan fingerprint density at radius 2 is 2.04 bits per heavy atom. The van der Waals surface area contributed by atoms with Crippen molar-refractivity contribution in [2.24, 2.45) is 5.41 Å². The smallest absolute Gasteiger partial charge is 0.405 e. The molecule has 0 aliphatic heterocycles. The molecule has 1 unspecified atom stereocenters. The number of benzene rings is 2. The van der Waals surface area contributed by atoms with Crippen LogP contribution in [0.2, 0.25) is 5.02 Å². The summed E-state index contributed by atoms with van der Waals surface area (Å²) in [6.07, 6.45) is 0.847. The topological polar surface area (TPSA) is 58.6 Å². The number of hydrogen-bond donors (Lipinski definition) is 2. The van der Waals surface area contributed by atoms with Gasteiger partial charge in [0.2, 0.25) is 0 Å². The van der Waals surface area contributed by atoms with Gasteiger partial charge in [0, 0.05) is 5.56 Å². The van der Waals surface area contributed by atoms with Crippen molar-refractivity contribution in [3.63, 3.8) is 0 Å². The second kappa shape index (κ2) is 6.60. The van der Waals surface area contributed by atoms with Crippen LogP contribution < -0.4 is 10.1 Å². The first-order valence-electron chi connectivity index (χ1n) is 8.28. The molecular weight excluding hydrogens is 338 g/mol. The Balaban J connectivity index is 2.02. The van der Waals surface area contributed by atoms with Gasteiger partial charge in [0.1, 0.15) is 5.75 Å². The van der Waals surface area contributed by atoms with Gasteiger partial charge in [-0.05, 0) is 53.1 Å².